The summed E-state index contributed by atoms with van der Waals surface area (Å²) in [5.41, 5.74) is 1.43. The van der Waals surface area contributed by atoms with Crippen molar-refractivity contribution in [1.82, 2.24) is 4.90 Å². The Bertz CT molecular complexity index is 1260. The predicted octanol–water partition coefficient (Wildman–Crippen LogP) is 3.95. The molecule has 0 bridgehead atoms. The third-order valence-corrected chi connectivity index (χ3v) is 6.71. The Morgan fingerprint density at radius 3 is 2.26 bits per heavy atom. The first-order valence-electron chi connectivity index (χ1n) is 10.9. The monoisotopic (exact) mass is 496 g/mol. The first-order chi connectivity index (χ1) is 16.7. The lowest BCUT2D eigenvalue weighted by Gasteiger charge is -2.25. The Hall–Kier alpha value is -3.85. The van der Waals surface area contributed by atoms with Crippen LogP contribution in [0.2, 0.25) is 0 Å². The van der Waals surface area contributed by atoms with Crippen LogP contribution in [0.1, 0.15) is 22.8 Å². The predicted molar refractivity (Wildman–Crippen MR) is 133 cm³/mol. The van der Waals surface area contributed by atoms with Crippen LogP contribution in [0.5, 0.6) is 5.75 Å². The molecule has 0 saturated carbocycles. The van der Waals surface area contributed by atoms with E-state index < -0.39 is 27.8 Å². The van der Waals surface area contributed by atoms with Crippen molar-refractivity contribution in [1.29, 1.82) is 0 Å². The molecule has 0 aliphatic carbocycles. The second-order valence-corrected chi connectivity index (χ2v) is 9.64. The molecule has 0 spiro atoms. The van der Waals surface area contributed by atoms with Crippen LogP contribution in [0.4, 0.5) is 5.69 Å². The van der Waals surface area contributed by atoms with Crippen LogP contribution in [0.25, 0.3) is 0 Å². The topological polar surface area (TPSA) is 102 Å². The number of amides is 1. The highest BCUT2D eigenvalue weighted by molar-refractivity contribution is 7.92. The van der Waals surface area contributed by atoms with Gasteiger partial charge in [0, 0.05) is 24.3 Å². The molecule has 0 aromatic heterocycles. The smallest absolute Gasteiger partial charge is 0.310 e. The summed E-state index contributed by atoms with van der Waals surface area (Å²) in [6.07, 6.45) is 0. The second-order valence-electron chi connectivity index (χ2n) is 7.96. The molecule has 9 heteroatoms. The Balaban J connectivity index is 1.86. The minimum Gasteiger partial charge on any atom is -0.497 e. The highest BCUT2D eigenvalue weighted by Crippen LogP contribution is 2.21. The first-order valence-corrected chi connectivity index (χ1v) is 12.4. The molecule has 3 aromatic carbocycles. The quantitative estimate of drug-likeness (QED) is 0.427. The summed E-state index contributed by atoms with van der Waals surface area (Å²) in [6.45, 7) is 2.04. The van der Waals surface area contributed by atoms with Gasteiger partial charge in [-0.2, -0.15) is 0 Å². The normalized spacial score (nSPS) is 11.9. The molecule has 1 amide bonds. The molecule has 1 unspecified atom stereocenters. The number of nitrogens with one attached hydrogen (secondary N) is 1. The Morgan fingerprint density at radius 1 is 0.943 bits per heavy atom. The van der Waals surface area contributed by atoms with E-state index in [-0.39, 0.29) is 23.5 Å². The zero-order valence-electron chi connectivity index (χ0n) is 19.8. The molecule has 0 heterocycles. The van der Waals surface area contributed by atoms with E-state index in [4.69, 9.17) is 9.47 Å². The number of sulfonamides is 1. The average molecular weight is 497 g/mol. The van der Waals surface area contributed by atoms with Gasteiger partial charge in [0.15, 0.2) is 0 Å². The fraction of sp³-hybridized carbons (Fsp3) is 0.231. The van der Waals surface area contributed by atoms with Crippen LogP contribution >= 0.6 is 0 Å². The summed E-state index contributed by atoms with van der Waals surface area (Å²) < 4.78 is 38.3. The van der Waals surface area contributed by atoms with Crippen LogP contribution in [-0.4, -0.2) is 46.0 Å². The second kappa shape index (κ2) is 11.5. The number of ether oxygens (including phenoxy) is 2. The summed E-state index contributed by atoms with van der Waals surface area (Å²) in [5.74, 6) is -0.793. The molecule has 8 nitrogen and oxygen atoms in total. The van der Waals surface area contributed by atoms with E-state index in [9.17, 15) is 18.0 Å². The van der Waals surface area contributed by atoms with Crippen LogP contribution in [0.15, 0.2) is 83.8 Å². The molecule has 184 valence electrons. The lowest BCUT2D eigenvalue weighted by atomic mass is 10.1. The minimum atomic E-state index is -3.95. The van der Waals surface area contributed by atoms with Crippen molar-refractivity contribution in [2.45, 2.75) is 18.4 Å². The van der Waals surface area contributed by atoms with E-state index in [1.807, 2.05) is 30.3 Å². The number of anilines is 1. The Labute approximate surface area is 205 Å². The van der Waals surface area contributed by atoms with Crippen LogP contribution in [-0.2, 0) is 26.1 Å². The van der Waals surface area contributed by atoms with Crippen molar-refractivity contribution in [3.05, 3.63) is 90.0 Å². The van der Waals surface area contributed by atoms with Crippen molar-refractivity contribution in [3.63, 3.8) is 0 Å². The van der Waals surface area contributed by atoms with E-state index in [0.717, 1.165) is 5.56 Å². The molecule has 3 aromatic rings. The average Bonchev–Trinajstić information content (AvgIpc) is 2.88. The molecule has 1 atom stereocenters. The number of hydrogen-bond acceptors (Lipinski definition) is 6. The first kappa shape index (κ1) is 25.8. The van der Waals surface area contributed by atoms with Crippen LogP contribution in [0, 0.1) is 5.92 Å². The van der Waals surface area contributed by atoms with Gasteiger partial charge in [-0.25, -0.2) is 8.42 Å². The number of carbonyl (C=O) groups is 2. The van der Waals surface area contributed by atoms with Gasteiger partial charge in [-0.15, -0.1) is 0 Å². The van der Waals surface area contributed by atoms with Crippen molar-refractivity contribution in [3.8, 4) is 5.75 Å². The SMILES string of the molecule is COC(=O)C(C)CN(Cc1ccccc1)C(=O)c1cccc(S(=O)(=O)Nc2ccc(OC)cc2)c1. The van der Waals surface area contributed by atoms with Gasteiger partial charge in [-0.3, -0.25) is 14.3 Å². The fourth-order valence-corrected chi connectivity index (χ4v) is 4.59. The molecule has 3 rings (SSSR count). The zero-order chi connectivity index (χ0) is 25.4. The molecular weight excluding hydrogens is 468 g/mol. The molecule has 0 aliphatic rings. The number of esters is 1. The highest BCUT2D eigenvalue weighted by atomic mass is 32.2. The maximum absolute atomic E-state index is 13.4. The third-order valence-electron chi connectivity index (χ3n) is 5.33. The Morgan fingerprint density at radius 2 is 1.63 bits per heavy atom. The van der Waals surface area contributed by atoms with E-state index in [1.165, 1.54) is 37.3 Å². The summed E-state index contributed by atoms with van der Waals surface area (Å²) in [7, 11) is -1.13. The van der Waals surface area contributed by atoms with Gasteiger partial charge in [-0.1, -0.05) is 43.3 Å². The Kier molecular flexibility index (Phi) is 8.48. The molecule has 0 saturated heterocycles. The number of hydrogen-bond donors (Lipinski definition) is 1. The van der Waals surface area contributed by atoms with Gasteiger partial charge in [0.25, 0.3) is 15.9 Å². The van der Waals surface area contributed by atoms with Gasteiger partial charge in [-0.05, 0) is 48.0 Å². The van der Waals surface area contributed by atoms with E-state index >= 15 is 0 Å². The lowest BCUT2D eigenvalue weighted by Crippen LogP contribution is -2.37. The van der Waals surface area contributed by atoms with E-state index in [1.54, 1.807) is 37.3 Å². The summed E-state index contributed by atoms with van der Waals surface area (Å²) >= 11 is 0. The van der Waals surface area contributed by atoms with Gasteiger partial charge in [0.2, 0.25) is 0 Å². The molecule has 0 fully saturated rings. The molecule has 0 radical (unpaired) electrons. The number of nitrogens with zero attached hydrogens (tertiary/aromatic N) is 1. The summed E-state index contributed by atoms with van der Waals surface area (Å²) in [4.78, 5) is 26.9. The lowest BCUT2D eigenvalue weighted by molar-refractivity contribution is -0.145. The van der Waals surface area contributed by atoms with Gasteiger partial charge in [0.05, 0.1) is 25.0 Å². The number of benzene rings is 3. The number of rotatable bonds is 10. The molecular formula is C26H28N2O6S. The zero-order valence-corrected chi connectivity index (χ0v) is 20.6. The van der Waals surface area contributed by atoms with Crippen molar-refractivity contribution in [2.24, 2.45) is 5.92 Å². The molecule has 35 heavy (non-hydrogen) atoms. The van der Waals surface area contributed by atoms with Crippen LogP contribution < -0.4 is 9.46 Å². The number of methoxy groups -OCH3 is 2. The maximum atomic E-state index is 13.4. The molecule has 0 aliphatic heterocycles. The highest BCUT2D eigenvalue weighted by Gasteiger charge is 2.24. The third kappa shape index (κ3) is 6.83. The summed E-state index contributed by atoms with van der Waals surface area (Å²) in [6, 6.07) is 21.6. The fourth-order valence-electron chi connectivity index (χ4n) is 3.48. The molecule has 1 N–H and O–H groups in total. The van der Waals surface area contributed by atoms with E-state index in [2.05, 4.69) is 4.72 Å². The van der Waals surface area contributed by atoms with Crippen molar-refractivity contribution >= 4 is 27.6 Å². The number of carbonyl (C=O) groups excluding carboxylic acids is 2. The van der Waals surface area contributed by atoms with Crippen LogP contribution in [0.3, 0.4) is 0 Å². The van der Waals surface area contributed by atoms with Crippen molar-refractivity contribution in [2.75, 3.05) is 25.5 Å². The largest absolute Gasteiger partial charge is 0.497 e. The summed E-state index contributed by atoms with van der Waals surface area (Å²) in [5, 5.41) is 0. The van der Waals surface area contributed by atoms with E-state index in [0.29, 0.717) is 11.4 Å². The standard InChI is InChI=1S/C26H28N2O6S/c1-19(26(30)34-3)17-28(18-20-8-5-4-6-9-20)25(29)21-10-7-11-24(16-21)35(31,32)27-22-12-14-23(33-2)15-13-22/h4-16,19,27H,17-18H2,1-3H3. The van der Waals surface area contributed by atoms with Crippen molar-refractivity contribution < 1.29 is 27.5 Å². The van der Waals surface area contributed by atoms with Gasteiger partial charge >= 0.3 is 5.97 Å². The minimum absolute atomic E-state index is 0.0557. The van der Waals surface area contributed by atoms with Gasteiger partial charge < -0.3 is 14.4 Å². The van der Waals surface area contributed by atoms with Gasteiger partial charge in [0.1, 0.15) is 5.75 Å². The maximum Gasteiger partial charge on any atom is 0.310 e.